The normalized spacial score (nSPS) is 11.0. The van der Waals surface area contributed by atoms with E-state index in [2.05, 4.69) is 36.8 Å². The van der Waals surface area contributed by atoms with Gasteiger partial charge < -0.3 is 14.9 Å². The van der Waals surface area contributed by atoms with Crippen LogP contribution in [0.4, 0.5) is 0 Å². The van der Waals surface area contributed by atoms with Gasteiger partial charge in [-0.25, -0.2) is 0 Å². The Balaban J connectivity index is 2.05. The van der Waals surface area contributed by atoms with E-state index in [0.717, 1.165) is 26.0 Å². The first-order valence-corrected chi connectivity index (χ1v) is 8.06. The van der Waals surface area contributed by atoms with E-state index in [1.54, 1.807) is 0 Å². The largest absolute Gasteiger partial charge is 0.436 e. The van der Waals surface area contributed by atoms with Crippen molar-refractivity contribution in [2.45, 2.75) is 6.42 Å². The third-order valence-electron chi connectivity index (χ3n) is 3.07. The van der Waals surface area contributed by atoms with Gasteiger partial charge in [-0.2, -0.15) is 4.98 Å². The maximum atomic E-state index is 5.98. The van der Waals surface area contributed by atoms with Gasteiger partial charge in [0.25, 0.3) is 0 Å². The van der Waals surface area contributed by atoms with Crippen molar-refractivity contribution >= 4 is 37.5 Å². The monoisotopic (exact) mass is 409 g/mol. The summed E-state index contributed by atoms with van der Waals surface area (Å²) in [7, 11) is 0. The number of nitrogens with zero attached hydrogens (tertiary/aromatic N) is 2. The molecule has 0 aliphatic carbocycles. The molecule has 0 saturated heterocycles. The van der Waals surface area contributed by atoms with Gasteiger partial charge in [0.15, 0.2) is 0 Å². The SMILES string of the molecule is NCCc1c(Oc2ccc(Br)cc2Br)nc2ccccn12. The molecule has 0 bridgehead atoms. The second kappa shape index (κ2) is 6.17. The smallest absolute Gasteiger partial charge is 0.241 e. The molecule has 0 unspecified atom stereocenters. The highest BCUT2D eigenvalue weighted by Crippen LogP contribution is 2.33. The number of hydrogen-bond acceptors (Lipinski definition) is 3. The van der Waals surface area contributed by atoms with E-state index in [9.17, 15) is 0 Å². The summed E-state index contributed by atoms with van der Waals surface area (Å²) < 4.78 is 9.84. The quantitative estimate of drug-likeness (QED) is 0.702. The van der Waals surface area contributed by atoms with E-state index in [1.807, 2.05) is 47.0 Å². The van der Waals surface area contributed by atoms with E-state index in [4.69, 9.17) is 10.5 Å². The van der Waals surface area contributed by atoms with Crippen LogP contribution in [-0.4, -0.2) is 15.9 Å². The first-order chi connectivity index (χ1) is 10.2. The van der Waals surface area contributed by atoms with Crippen molar-refractivity contribution in [2.75, 3.05) is 6.54 Å². The van der Waals surface area contributed by atoms with Crippen molar-refractivity contribution in [2.24, 2.45) is 5.73 Å². The summed E-state index contributed by atoms with van der Waals surface area (Å²) in [6.45, 7) is 0.542. The Labute approximate surface area is 139 Å². The topological polar surface area (TPSA) is 52.5 Å². The lowest BCUT2D eigenvalue weighted by atomic mass is 10.3. The van der Waals surface area contributed by atoms with Crippen LogP contribution in [0.1, 0.15) is 5.69 Å². The van der Waals surface area contributed by atoms with Crippen LogP contribution in [0.25, 0.3) is 5.65 Å². The molecule has 0 saturated carbocycles. The molecule has 2 heterocycles. The summed E-state index contributed by atoms with van der Waals surface area (Å²) in [5.74, 6) is 1.31. The maximum absolute atomic E-state index is 5.98. The molecule has 0 atom stereocenters. The van der Waals surface area contributed by atoms with Crippen molar-refractivity contribution in [1.82, 2.24) is 9.38 Å². The molecule has 1 aromatic carbocycles. The van der Waals surface area contributed by atoms with E-state index >= 15 is 0 Å². The number of benzene rings is 1. The lowest BCUT2D eigenvalue weighted by Crippen LogP contribution is -2.06. The van der Waals surface area contributed by atoms with Crippen LogP contribution in [0.3, 0.4) is 0 Å². The van der Waals surface area contributed by atoms with Crippen molar-refractivity contribution in [3.8, 4) is 11.6 Å². The molecule has 21 heavy (non-hydrogen) atoms. The summed E-state index contributed by atoms with van der Waals surface area (Å²) >= 11 is 6.93. The lowest BCUT2D eigenvalue weighted by Gasteiger charge is -2.07. The molecule has 0 aliphatic rings. The molecular formula is C15H13Br2N3O. The van der Waals surface area contributed by atoms with Gasteiger partial charge in [0.2, 0.25) is 5.88 Å². The highest BCUT2D eigenvalue weighted by Gasteiger charge is 2.14. The summed E-state index contributed by atoms with van der Waals surface area (Å²) in [6.07, 6.45) is 2.67. The minimum atomic E-state index is 0.542. The summed E-state index contributed by atoms with van der Waals surface area (Å²) in [5.41, 5.74) is 7.54. The molecule has 0 amide bonds. The minimum Gasteiger partial charge on any atom is -0.436 e. The van der Waals surface area contributed by atoms with Crippen LogP contribution in [0.15, 0.2) is 51.5 Å². The van der Waals surface area contributed by atoms with Gasteiger partial charge >= 0.3 is 0 Å². The Morgan fingerprint density at radius 1 is 1.19 bits per heavy atom. The van der Waals surface area contributed by atoms with Crippen molar-refractivity contribution in [1.29, 1.82) is 0 Å². The molecule has 2 aromatic heterocycles. The van der Waals surface area contributed by atoms with Gasteiger partial charge in [-0.05, 0) is 52.8 Å². The maximum Gasteiger partial charge on any atom is 0.241 e. The Morgan fingerprint density at radius 3 is 2.81 bits per heavy atom. The lowest BCUT2D eigenvalue weighted by molar-refractivity contribution is 0.456. The number of fused-ring (bicyclic) bond motifs is 1. The molecule has 0 aliphatic heterocycles. The highest BCUT2D eigenvalue weighted by molar-refractivity contribution is 9.11. The molecule has 2 N–H and O–H groups in total. The van der Waals surface area contributed by atoms with Crippen LogP contribution >= 0.6 is 31.9 Å². The van der Waals surface area contributed by atoms with E-state index < -0.39 is 0 Å². The van der Waals surface area contributed by atoms with Gasteiger partial charge in [-0.15, -0.1) is 0 Å². The highest BCUT2D eigenvalue weighted by atomic mass is 79.9. The summed E-state index contributed by atoms with van der Waals surface area (Å²) in [5, 5.41) is 0. The fraction of sp³-hybridized carbons (Fsp3) is 0.133. The fourth-order valence-electron chi connectivity index (χ4n) is 2.13. The van der Waals surface area contributed by atoms with E-state index in [1.165, 1.54) is 0 Å². The average molecular weight is 411 g/mol. The van der Waals surface area contributed by atoms with Crippen molar-refractivity contribution in [3.63, 3.8) is 0 Å². The van der Waals surface area contributed by atoms with Crippen molar-refractivity contribution in [3.05, 3.63) is 57.2 Å². The molecule has 108 valence electrons. The second-order valence-electron chi connectivity index (χ2n) is 4.51. The number of nitrogens with two attached hydrogens (primary N) is 1. The molecule has 0 radical (unpaired) electrons. The second-order valence-corrected chi connectivity index (χ2v) is 6.28. The number of hydrogen-bond donors (Lipinski definition) is 1. The van der Waals surface area contributed by atoms with Crippen LogP contribution in [0, 0.1) is 0 Å². The zero-order chi connectivity index (χ0) is 14.8. The number of ether oxygens (including phenoxy) is 1. The molecule has 3 rings (SSSR count). The van der Waals surface area contributed by atoms with Crippen LogP contribution in [0.2, 0.25) is 0 Å². The Kier molecular flexibility index (Phi) is 4.28. The molecule has 3 aromatic rings. The van der Waals surface area contributed by atoms with E-state index in [0.29, 0.717) is 18.8 Å². The van der Waals surface area contributed by atoms with Gasteiger partial charge in [0.05, 0.1) is 10.2 Å². The predicted octanol–water partition coefficient (Wildman–Crippen LogP) is 4.15. The summed E-state index contributed by atoms with van der Waals surface area (Å²) in [4.78, 5) is 4.54. The standard InChI is InChI=1S/C15H13Br2N3O/c16-10-4-5-13(11(17)9-10)21-15-12(6-7-18)20-8-2-1-3-14(20)19-15/h1-5,8-9H,6-7,18H2. The van der Waals surface area contributed by atoms with Crippen molar-refractivity contribution < 1.29 is 4.74 Å². The zero-order valence-corrected chi connectivity index (χ0v) is 14.3. The predicted molar refractivity (Wildman–Crippen MR) is 89.9 cm³/mol. The number of halogens is 2. The molecule has 0 spiro atoms. The van der Waals surface area contributed by atoms with Crippen LogP contribution in [0.5, 0.6) is 11.6 Å². The number of rotatable bonds is 4. The van der Waals surface area contributed by atoms with E-state index in [-0.39, 0.29) is 0 Å². The Morgan fingerprint density at radius 2 is 2.05 bits per heavy atom. The van der Waals surface area contributed by atoms with Crippen LogP contribution in [-0.2, 0) is 6.42 Å². The number of aromatic nitrogens is 2. The first kappa shape index (κ1) is 14.6. The fourth-order valence-corrected chi connectivity index (χ4v) is 3.26. The Hall–Kier alpha value is -1.37. The average Bonchev–Trinajstić information content (AvgIpc) is 2.81. The summed E-state index contributed by atoms with van der Waals surface area (Å²) in [6, 6.07) is 11.6. The Bertz CT molecular complexity index is 786. The number of imidazole rings is 1. The zero-order valence-electron chi connectivity index (χ0n) is 11.1. The van der Waals surface area contributed by atoms with Crippen LogP contribution < -0.4 is 10.5 Å². The molecular weight excluding hydrogens is 398 g/mol. The van der Waals surface area contributed by atoms with Gasteiger partial charge in [0.1, 0.15) is 11.4 Å². The van der Waals surface area contributed by atoms with Gasteiger partial charge in [0, 0.05) is 17.1 Å². The molecule has 4 nitrogen and oxygen atoms in total. The number of pyridine rings is 1. The van der Waals surface area contributed by atoms with Gasteiger partial charge in [-0.1, -0.05) is 22.0 Å². The minimum absolute atomic E-state index is 0.542. The first-order valence-electron chi connectivity index (χ1n) is 6.48. The molecule has 6 heteroatoms. The van der Waals surface area contributed by atoms with Gasteiger partial charge in [-0.3, -0.25) is 0 Å². The third-order valence-corrected chi connectivity index (χ3v) is 4.19. The molecule has 0 fully saturated rings. The third kappa shape index (κ3) is 2.97.